The fourth-order valence-corrected chi connectivity index (χ4v) is 3.05. The molecular weight excluding hydrogens is 276 g/mol. The molecule has 0 aliphatic rings. The summed E-state index contributed by atoms with van der Waals surface area (Å²) in [6.07, 6.45) is 0.611. The standard InChI is InChI=1S/C11H17ClN2O3S/c1-2-3-9(15)7-14-18(16,17)11-6-8(13)4-5-10(11)12/h4-6,9,14-15H,2-3,7,13H2,1H3. The highest BCUT2D eigenvalue weighted by molar-refractivity contribution is 7.89. The van der Waals surface area contributed by atoms with Gasteiger partial charge in [0.1, 0.15) is 4.90 Å². The zero-order valence-corrected chi connectivity index (χ0v) is 11.6. The van der Waals surface area contributed by atoms with Gasteiger partial charge in [0.25, 0.3) is 0 Å². The number of hydrogen-bond donors (Lipinski definition) is 3. The molecule has 4 N–H and O–H groups in total. The van der Waals surface area contributed by atoms with E-state index in [1.165, 1.54) is 18.2 Å². The van der Waals surface area contributed by atoms with Crippen molar-refractivity contribution >= 4 is 27.3 Å². The average molecular weight is 293 g/mol. The van der Waals surface area contributed by atoms with E-state index in [1.807, 2.05) is 6.92 Å². The van der Waals surface area contributed by atoms with Gasteiger partial charge in [0, 0.05) is 12.2 Å². The van der Waals surface area contributed by atoms with Crippen molar-refractivity contribution in [2.24, 2.45) is 0 Å². The van der Waals surface area contributed by atoms with Crippen molar-refractivity contribution in [2.75, 3.05) is 12.3 Å². The zero-order chi connectivity index (χ0) is 13.8. The van der Waals surface area contributed by atoms with Crippen LogP contribution in [0.2, 0.25) is 5.02 Å². The maximum atomic E-state index is 12.0. The fraction of sp³-hybridized carbons (Fsp3) is 0.455. The molecule has 0 aromatic heterocycles. The van der Waals surface area contributed by atoms with Gasteiger partial charge in [-0.25, -0.2) is 13.1 Å². The minimum absolute atomic E-state index is 0.0404. The lowest BCUT2D eigenvalue weighted by Gasteiger charge is -2.12. The molecule has 0 saturated carbocycles. The highest BCUT2D eigenvalue weighted by atomic mass is 35.5. The lowest BCUT2D eigenvalue weighted by Crippen LogP contribution is -2.32. The third kappa shape index (κ3) is 4.13. The van der Waals surface area contributed by atoms with Crippen molar-refractivity contribution in [3.05, 3.63) is 23.2 Å². The van der Waals surface area contributed by atoms with E-state index in [2.05, 4.69) is 4.72 Å². The molecule has 1 aromatic carbocycles. The second-order valence-electron chi connectivity index (χ2n) is 3.98. The van der Waals surface area contributed by atoms with E-state index >= 15 is 0 Å². The van der Waals surface area contributed by atoms with Crippen LogP contribution < -0.4 is 10.5 Å². The van der Waals surface area contributed by atoms with Crippen LogP contribution in [0.25, 0.3) is 0 Å². The molecule has 18 heavy (non-hydrogen) atoms. The first kappa shape index (κ1) is 15.2. The molecule has 0 spiro atoms. The van der Waals surface area contributed by atoms with Crippen LogP contribution in [0, 0.1) is 0 Å². The molecule has 0 bridgehead atoms. The average Bonchev–Trinajstić information content (AvgIpc) is 2.30. The molecular formula is C11H17ClN2O3S. The Kier molecular flexibility index (Phi) is 5.40. The highest BCUT2D eigenvalue weighted by Gasteiger charge is 2.19. The van der Waals surface area contributed by atoms with Crippen LogP contribution in [0.5, 0.6) is 0 Å². The first-order valence-corrected chi connectivity index (χ1v) is 7.45. The van der Waals surface area contributed by atoms with E-state index in [0.717, 1.165) is 6.42 Å². The van der Waals surface area contributed by atoms with E-state index in [1.54, 1.807) is 0 Å². The van der Waals surface area contributed by atoms with Crippen LogP contribution >= 0.6 is 11.6 Å². The first-order chi connectivity index (χ1) is 8.36. The Morgan fingerprint density at radius 1 is 1.50 bits per heavy atom. The van der Waals surface area contributed by atoms with E-state index in [0.29, 0.717) is 12.1 Å². The number of aliphatic hydroxyl groups is 1. The van der Waals surface area contributed by atoms with Crippen molar-refractivity contribution in [1.82, 2.24) is 4.72 Å². The summed E-state index contributed by atoms with van der Waals surface area (Å²) in [5.74, 6) is 0. The summed E-state index contributed by atoms with van der Waals surface area (Å²) in [5, 5.41) is 9.60. The monoisotopic (exact) mass is 292 g/mol. The Morgan fingerprint density at radius 3 is 2.78 bits per heavy atom. The molecule has 1 rings (SSSR count). The number of benzene rings is 1. The van der Waals surface area contributed by atoms with Gasteiger partial charge in [-0.3, -0.25) is 0 Å². The molecule has 0 aliphatic heterocycles. The molecule has 1 unspecified atom stereocenters. The molecule has 5 nitrogen and oxygen atoms in total. The van der Waals surface area contributed by atoms with Crippen molar-refractivity contribution in [1.29, 1.82) is 0 Å². The van der Waals surface area contributed by atoms with Gasteiger partial charge in [0.05, 0.1) is 11.1 Å². The summed E-state index contributed by atoms with van der Waals surface area (Å²) >= 11 is 5.82. The van der Waals surface area contributed by atoms with Crippen molar-refractivity contribution in [3.63, 3.8) is 0 Å². The largest absolute Gasteiger partial charge is 0.399 e. The summed E-state index contributed by atoms with van der Waals surface area (Å²) in [6, 6.07) is 4.23. The summed E-state index contributed by atoms with van der Waals surface area (Å²) in [5.41, 5.74) is 5.84. The minimum atomic E-state index is -3.75. The van der Waals surface area contributed by atoms with Gasteiger partial charge in [-0.15, -0.1) is 0 Å². The quantitative estimate of drug-likeness (QED) is 0.690. The molecule has 0 fully saturated rings. The molecule has 0 heterocycles. The van der Waals surface area contributed by atoms with Crippen LogP contribution in [-0.2, 0) is 10.0 Å². The number of nitrogen functional groups attached to an aromatic ring is 1. The number of rotatable bonds is 6. The maximum absolute atomic E-state index is 12.0. The summed E-state index contributed by atoms with van der Waals surface area (Å²) < 4.78 is 26.2. The summed E-state index contributed by atoms with van der Waals surface area (Å²) in [4.78, 5) is -0.0761. The normalized spacial score (nSPS) is 13.5. The number of nitrogens with one attached hydrogen (secondary N) is 1. The van der Waals surface area contributed by atoms with Gasteiger partial charge >= 0.3 is 0 Å². The predicted octanol–water partition coefficient (Wildman–Crippen LogP) is 1.36. The minimum Gasteiger partial charge on any atom is -0.399 e. The van der Waals surface area contributed by atoms with Gasteiger partial charge in [-0.05, 0) is 24.6 Å². The number of aliphatic hydroxyl groups excluding tert-OH is 1. The van der Waals surface area contributed by atoms with Gasteiger partial charge in [0.15, 0.2) is 0 Å². The van der Waals surface area contributed by atoms with E-state index < -0.39 is 16.1 Å². The van der Waals surface area contributed by atoms with Gasteiger partial charge in [-0.1, -0.05) is 24.9 Å². The Balaban J connectivity index is 2.83. The topological polar surface area (TPSA) is 92.4 Å². The Hall–Kier alpha value is -0.820. The SMILES string of the molecule is CCCC(O)CNS(=O)(=O)c1cc(N)ccc1Cl. The molecule has 0 amide bonds. The van der Waals surface area contributed by atoms with Crippen molar-refractivity contribution in [2.45, 2.75) is 30.8 Å². The van der Waals surface area contributed by atoms with Crippen LogP contribution in [0.15, 0.2) is 23.1 Å². The smallest absolute Gasteiger partial charge is 0.242 e. The van der Waals surface area contributed by atoms with Crippen LogP contribution in [0.1, 0.15) is 19.8 Å². The molecule has 0 aliphatic carbocycles. The third-order valence-corrected chi connectivity index (χ3v) is 4.28. The number of nitrogens with two attached hydrogens (primary N) is 1. The fourth-order valence-electron chi connectivity index (χ4n) is 1.44. The van der Waals surface area contributed by atoms with Crippen molar-refractivity contribution < 1.29 is 13.5 Å². The third-order valence-electron chi connectivity index (χ3n) is 2.38. The highest BCUT2D eigenvalue weighted by Crippen LogP contribution is 2.23. The van der Waals surface area contributed by atoms with Crippen LogP contribution in [0.4, 0.5) is 5.69 Å². The number of sulfonamides is 1. The Morgan fingerprint density at radius 2 is 2.17 bits per heavy atom. The maximum Gasteiger partial charge on any atom is 0.242 e. The van der Waals surface area contributed by atoms with Gasteiger partial charge in [-0.2, -0.15) is 0 Å². The molecule has 102 valence electrons. The molecule has 7 heteroatoms. The lowest BCUT2D eigenvalue weighted by molar-refractivity contribution is 0.167. The summed E-state index contributed by atoms with van der Waals surface area (Å²) in [7, 11) is -3.75. The first-order valence-electron chi connectivity index (χ1n) is 5.59. The zero-order valence-electron chi connectivity index (χ0n) is 10.1. The number of halogens is 1. The van der Waals surface area contributed by atoms with Gasteiger partial charge in [0.2, 0.25) is 10.0 Å². The van der Waals surface area contributed by atoms with E-state index in [4.69, 9.17) is 17.3 Å². The second kappa shape index (κ2) is 6.38. The predicted molar refractivity (Wildman–Crippen MR) is 72.0 cm³/mol. The van der Waals surface area contributed by atoms with E-state index in [-0.39, 0.29) is 16.5 Å². The van der Waals surface area contributed by atoms with Crippen molar-refractivity contribution in [3.8, 4) is 0 Å². The van der Waals surface area contributed by atoms with E-state index in [9.17, 15) is 13.5 Å². The van der Waals surface area contributed by atoms with Crippen LogP contribution in [0.3, 0.4) is 0 Å². The molecule has 0 saturated heterocycles. The lowest BCUT2D eigenvalue weighted by atomic mass is 10.2. The number of hydrogen-bond acceptors (Lipinski definition) is 4. The van der Waals surface area contributed by atoms with Crippen LogP contribution in [-0.4, -0.2) is 26.2 Å². The molecule has 0 radical (unpaired) electrons. The summed E-state index contributed by atoms with van der Waals surface area (Å²) in [6.45, 7) is 1.87. The Labute approximate surface area is 112 Å². The second-order valence-corrected chi connectivity index (χ2v) is 6.13. The number of anilines is 1. The Bertz CT molecular complexity index is 505. The van der Waals surface area contributed by atoms with Gasteiger partial charge < -0.3 is 10.8 Å². The molecule has 1 aromatic rings. The molecule has 1 atom stereocenters.